The van der Waals surface area contributed by atoms with Crippen molar-refractivity contribution in [3.05, 3.63) is 35.0 Å². The molecule has 0 unspecified atom stereocenters. The number of amides is 2. The summed E-state index contributed by atoms with van der Waals surface area (Å²) in [6.45, 7) is 3.98. The molecule has 0 radical (unpaired) electrons. The van der Waals surface area contributed by atoms with Crippen LogP contribution in [0.15, 0.2) is 29.5 Å². The van der Waals surface area contributed by atoms with Gasteiger partial charge in [-0.3, -0.25) is 0 Å². The van der Waals surface area contributed by atoms with E-state index in [2.05, 4.69) is 17.6 Å². The number of allylic oxidation sites excluding steroid dienone is 1. The molecule has 1 fully saturated rings. The molecule has 1 saturated carbocycles. The second-order valence-electron chi connectivity index (χ2n) is 7.03. The minimum absolute atomic E-state index is 0.0715. The van der Waals surface area contributed by atoms with E-state index in [1.807, 2.05) is 6.07 Å². The Balaban J connectivity index is 1.64. The predicted molar refractivity (Wildman–Crippen MR) is 92.6 cm³/mol. The van der Waals surface area contributed by atoms with Crippen LogP contribution in [0, 0.1) is 5.92 Å². The minimum atomic E-state index is -0.595. The molecule has 1 aromatic carbocycles. The molecule has 2 heterocycles. The van der Waals surface area contributed by atoms with Gasteiger partial charge in [-0.25, -0.2) is 9.59 Å². The molecule has 0 aromatic heterocycles. The van der Waals surface area contributed by atoms with Gasteiger partial charge in [0.2, 0.25) is 6.79 Å². The van der Waals surface area contributed by atoms with Crippen molar-refractivity contribution in [2.75, 3.05) is 6.79 Å². The zero-order chi connectivity index (χ0) is 18.3. The van der Waals surface area contributed by atoms with Gasteiger partial charge in [0, 0.05) is 5.70 Å². The highest BCUT2D eigenvalue weighted by molar-refractivity contribution is 5.95. The van der Waals surface area contributed by atoms with Gasteiger partial charge in [-0.15, -0.1) is 0 Å². The van der Waals surface area contributed by atoms with Gasteiger partial charge in [-0.1, -0.05) is 13.0 Å². The number of ether oxygens (including phenoxy) is 3. The third kappa shape index (κ3) is 2.98. The first kappa shape index (κ1) is 16.8. The lowest BCUT2D eigenvalue weighted by atomic mass is 9.95. The van der Waals surface area contributed by atoms with E-state index in [4.69, 9.17) is 14.2 Å². The summed E-state index contributed by atoms with van der Waals surface area (Å²) < 4.78 is 16.5. The zero-order valence-corrected chi connectivity index (χ0v) is 14.8. The summed E-state index contributed by atoms with van der Waals surface area (Å²) in [7, 11) is 0. The summed E-state index contributed by atoms with van der Waals surface area (Å²) in [5.74, 6) is 1.22. The van der Waals surface area contributed by atoms with E-state index in [-0.39, 0.29) is 18.9 Å². The van der Waals surface area contributed by atoms with Crippen LogP contribution in [-0.2, 0) is 9.53 Å². The summed E-state index contributed by atoms with van der Waals surface area (Å²) in [5.41, 5.74) is 1.67. The van der Waals surface area contributed by atoms with Crippen LogP contribution in [0.25, 0.3) is 0 Å². The summed E-state index contributed by atoms with van der Waals surface area (Å²) in [6.07, 6.45) is 2.94. The first-order chi connectivity index (χ1) is 12.5. The summed E-state index contributed by atoms with van der Waals surface area (Å²) in [6, 6.07) is 4.45. The Morgan fingerprint density at radius 2 is 2.04 bits per heavy atom. The van der Waals surface area contributed by atoms with Gasteiger partial charge < -0.3 is 24.8 Å². The van der Waals surface area contributed by atoms with E-state index in [1.165, 1.54) is 0 Å². The average molecular weight is 358 g/mol. The van der Waals surface area contributed by atoms with Gasteiger partial charge >= 0.3 is 12.0 Å². The number of nitrogens with one attached hydrogen (secondary N) is 2. The molecule has 26 heavy (non-hydrogen) atoms. The monoisotopic (exact) mass is 358 g/mol. The Morgan fingerprint density at radius 3 is 2.81 bits per heavy atom. The largest absolute Gasteiger partial charge is 0.459 e. The average Bonchev–Trinajstić information content (AvgIpc) is 3.22. The molecule has 0 spiro atoms. The van der Waals surface area contributed by atoms with E-state index < -0.39 is 12.0 Å². The van der Waals surface area contributed by atoms with Crippen molar-refractivity contribution < 1.29 is 23.8 Å². The van der Waals surface area contributed by atoms with Gasteiger partial charge in [0.25, 0.3) is 0 Å². The highest BCUT2D eigenvalue weighted by Crippen LogP contribution is 2.37. The molecule has 3 atom stereocenters. The summed E-state index contributed by atoms with van der Waals surface area (Å²) in [5, 5.41) is 5.49. The van der Waals surface area contributed by atoms with Crippen LogP contribution in [0.2, 0.25) is 0 Å². The fraction of sp³-hybridized carbons (Fsp3) is 0.474. The molecule has 1 aromatic rings. The first-order valence-corrected chi connectivity index (χ1v) is 8.91. The molecule has 0 bridgehead atoms. The lowest BCUT2D eigenvalue weighted by molar-refractivity contribution is -0.146. The second-order valence-corrected chi connectivity index (χ2v) is 7.03. The third-order valence-corrected chi connectivity index (χ3v) is 5.26. The Morgan fingerprint density at radius 1 is 1.23 bits per heavy atom. The zero-order valence-electron chi connectivity index (χ0n) is 14.8. The van der Waals surface area contributed by atoms with Crippen molar-refractivity contribution in [1.29, 1.82) is 0 Å². The maximum absolute atomic E-state index is 12.9. The topological polar surface area (TPSA) is 85.9 Å². The lowest BCUT2D eigenvalue weighted by Crippen LogP contribution is -2.45. The molecule has 0 saturated heterocycles. The summed E-state index contributed by atoms with van der Waals surface area (Å²) in [4.78, 5) is 24.9. The maximum atomic E-state index is 12.9. The second kappa shape index (κ2) is 6.55. The molecule has 7 nitrogen and oxygen atoms in total. The van der Waals surface area contributed by atoms with E-state index >= 15 is 0 Å². The smallest absolute Gasteiger partial charge is 0.338 e. The molecular weight excluding hydrogens is 336 g/mol. The fourth-order valence-corrected chi connectivity index (χ4v) is 3.79. The van der Waals surface area contributed by atoms with Gasteiger partial charge in [0.1, 0.15) is 6.10 Å². The number of esters is 1. The third-order valence-electron chi connectivity index (χ3n) is 5.26. The van der Waals surface area contributed by atoms with Crippen LogP contribution in [0.1, 0.15) is 44.7 Å². The lowest BCUT2D eigenvalue weighted by Gasteiger charge is -2.29. The number of rotatable bonds is 3. The van der Waals surface area contributed by atoms with Crippen molar-refractivity contribution in [2.45, 2.75) is 45.3 Å². The standard InChI is InChI=1S/C19H22N2O5/c1-10-4-3-5-13(10)26-18(22)16-11(2)20-19(23)21-17(16)12-6-7-14-15(8-12)25-9-24-14/h6-8,10,13,17H,3-5,9H2,1-2H3,(H2,20,21,23)/t10-,13+,17-/m0/s1. The number of carbonyl (C=O) groups is 2. The molecule has 2 N–H and O–H groups in total. The Hall–Kier alpha value is -2.70. The first-order valence-electron chi connectivity index (χ1n) is 8.91. The SMILES string of the molecule is CC1=C(C(=O)O[C@@H]2CCC[C@@H]2C)[C@H](c2ccc3c(c2)OCO3)NC(=O)N1. The Kier molecular flexibility index (Phi) is 4.22. The molecule has 4 rings (SSSR count). The normalized spacial score (nSPS) is 27.2. The van der Waals surface area contributed by atoms with E-state index in [1.54, 1.807) is 19.1 Å². The van der Waals surface area contributed by atoms with Crippen LogP contribution in [0.5, 0.6) is 11.5 Å². The quantitative estimate of drug-likeness (QED) is 0.812. The van der Waals surface area contributed by atoms with Gasteiger partial charge in [-0.05, 0) is 49.8 Å². The number of fused-ring (bicyclic) bond motifs is 1. The van der Waals surface area contributed by atoms with Gasteiger partial charge in [-0.2, -0.15) is 0 Å². The van der Waals surface area contributed by atoms with Crippen molar-refractivity contribution in [1.82, 2.24) is 10.6 Å². The van der Waals surface area contributed by atoms with Crippen molar-refractivity contribution in [3.63, 3.8) is 0 Å². The maximum Gasteiger partial charge on any atom is 0.338 e. The fourth-order valence-electron chi connectivity index (χ4n) is 3.79. The minimum Gasteiger partial charge on any atom is -0.459 e. The van der Waals surface area contributed by atoms with E-state index in [9.17, 15) is 9.59 Å². The van der Waals surface area contributed by atoms with Gasteiger partial charge in [0.05, 0.1) is 11.6 Å². The van der Waals surface area contributed by atoms with Crippen LogP contribution in [-0.4, -0.2) is 24.9 Å². The molecule has 2 amide bonds. The highest BCUT2D eigenvalue weighted by Gasteiger charge is 2.35. The molecule has 3 aliphatic rings. The van der Waals surface area contributed by atoms with Crippen molar-refractivity contribution in [2.24, 2.45) is 5.92 Å². The molecule has 138 valence electrons. The number of carbonyl (C=O) groups excluding carboxylic acids is 2. The number of benzene rings is 1. The van der Waals surface area contributed by atoms with E-state index in [0.29, 0.717) is 28.7 Å². The highest BCUT2D eigenvalue weighted by atomic mass is 16.7. The Labute approximate surface area is 151 Å². The number of hydrogen-bond donors (Lipinski definition) is 2. The number of urea groups is 1. The van der Waals surface area contributed by atoms with Crippen molar-refractivity contribution >= 4 is 12.0 Å². The summed E-state index contributed by atoms with van der Waals surface area (Å²) >= 11 is 0. The van der Waals surface area contributed by atoms with Crippen LogP contribution >= 0.6 is 0 Å². The predicted octanol–water partition coefficient (Wildman–Crippen LogP) is 2.78. The van der Waals surface area contributed by atoms with Gasteiger partial charge in [0.15, 0.2) is 11.5 Å². The van der Waals surface area contributed by atoms with E-state index in [0.717, 1.165) is 24.8 Å². The number of hydrogen-bond acceptors (Lipinski definition) is 5. The Bertz CT molecular complexity index is 788. The molecular formula is C19H22N2O5. The van der Waals surface area contributed by atoms with Crippen molar-refractivity contribution in [3.8, 4) is 11.5 Å². The van der Waals surface area contributed by atoms with Crippen LogP contribution in [0.3, 0.4) is 0 Å². The molecule has 2 aliphatic heterocycles. The molecule has 7 heteroatoms. The van der Waals surface area contributed by atoms with Crippen LogP contribution < -0.4 is 20.1 Å². The molecule has 1 aliphatic carbocycles. The van der Waals surface area contributed by atoms with Crippen LogP contribution in [0.4, 0.5) is 4.79 Å².